The highest BCUT2D eigenvalue weighted by Gasteiger charge is 2.35. The molecule has 0 fully saturated rings. The van der Waals surface area contributed by atoms with Gasteiger partial charge in [-0.05, 0) is 49.9 Å². The van der Waals surface area contributed by atoms with Gasteiger partial charge in [-0.15, -0.1) is 10.2 Å². The second-order valence-corrected chi connectivity index (χ2v) is 13.4. The zero-order chi connectivity index (χ0) is 37.7. The number of Topliss-reactive ketones (excluding diaryl/α,β-unsaturated/α-hetero) is 1. The van der Waals surface area contributed by atoms with Gasteiger partial charge in [-0.1, -0.05) is 92.7 Å². The van der Waals surface area contributed by atoms with Crippen molar-refractivity contribution in [3.8, 4) is 11.4 Å². The van der Waals surface area contributed by atoms with Crippen molar-refractivity contribution in [3.05, 3.63) is 136 Å². The lowest BCUT2D eigenvalue weighted by Crippen LogP contribution is -2.47. The number of rotatable bonds is 12. The average molecular weight is 714 g/mol. The van der Waals surface area contributed by atoms with Crippen LogP contribution in [0.25, 0.3) is 22.3 Å². The second kappa shape index (κ2) is 15.4. The van der Waals surface area contributed by atoms with Gasteiger partial charge >= 0.3 is 6.09 Å². The zero-order valence-electron chi connectivity index (χ0n) is 30.0. The minimum atomic E-state index is -1.07. The minimum absolute atomic E-state index is 0.0118. The van der Waals surface area contributed by atoms with Crippen LogP contribution in [0.5, 0.6) is 0 Å². The van der Waals surface area contributed by atoms with Crippen LogP contribution in [0.4, 0.5) is 10.5 Å². The summed E-state index contributed by atoms with van der Waals surface area (Å²) in [6.07, 6.45) is 0.884. The molecule has 3 aromatic heterocycles. The first kappa shape index (κ1) is 36.3. The number of anilines is 1. The van der Waals surface area contributed by atoms with Gasteiger partial charge in [0, 0.05) is 17.1 Å². The van der Waals surface area contributed by atoms with E-state index in [0.29, 0.717) is 5.56 Å². The predicted octanol–water partition coefficient (Wildman–Crippen LogP) is 6.25. The van der Waals surface area contributed by atoms with Crippen LogP contribution in [0, 0.1) is 12.8 Å². The number of ketones is 1. The van der Waals surface area contributed by atoms with E-state index in [9.17, 15) is 19.2 Å². The topological polar surface area (TPSA) is 171 Å². The molecule has 0 spiro atoms. The first-order chi connectivity index (χ1) is 25.4. The molecule has 2 amide bonds. The molecule has 0 saturated carbocycles. The van der Waals surface area contributed by atoms with Gasteiger partial charge in [-0.25, -0.2) is 9.78 Å². The number of carbonyl (C=O) groups is 3. The molecule has 0 saturated heterocycles. The molecule has 0 radical (unpaired) electrons. The Hall–Kier alpha value is -6.50. The lowest BCUT2D eigenvalue weighted by molar-refractivity contribution is -0.122. The minimum Gasteiger partial charge on any atom is -0.444 e. The van der Waals surface area contributed by atoms with Crippen LogP contribution in [-0.4, -0.2) is 48.6 Å². The molecule has 270 valence electrons. The summed E-state index contributed by atoms with van der Waals surface area (Å²) in [7, 11) is 0. The summed E-state index contributed by atoms with van der Waals surface area (Å²) < 4.78 is 12.4. The molecule has 13 nitrogen and oxygen atoms in total. The molecular weight excluding hydrogens is 674 g/mol. The molecule has 0 aliphatic rings. The Kier molecular flexibility index (Phi) is 10.5. The van der Waals surface area contributed by atoms with E-state index in [1.165, 1.54) is 0 Å². The van der Waals surface area contributed by atoms with Gasteiger partial charge < -0.3 is 14.5 Å². The van der Waals surface area contributed by atoms with E-state index >= 15 is 0 Å². The molecule has 0 unspecified atom stereocenters. The van der Waals surface area contributed by atoms with Gasteiger partial charge in [0.25, 0.3) is 11.4 Å². The Bertz CT molecular complexity index is 2340. The summed E-state index contributed by atoms with van der Waals surface area (Å²) in [5.74, 6) is -1.48. The molecular formula is C40H39N7O6. The van der Waals surface area contributed by atoms with Gasteiger partial charge in [0.15, 0.2) is 0 Å². The molecule has 6 rings (SSSR count). The van der Waals surface area contributed by atoms with E-state index in [1.807, 2.05) is 68.4 Å². The number of hydrogen-bond donors (Lipinski definition) is 2. The van der Waals surface area contributed by atoms with Crippen LogP contribution in [0.3, 0.4) is 0 Å². The van der Waals surface area contributed by atoms with Crippen LogP contribution in [-0.2, 0) is 28.1 Å². The number of amides is 2. The summed E-state index contributed by atoms with van der Waals surface area (Å²) >= 11 is 0. The standard InChI is InChI=1S/C40H39N7O6/c1-24(2)32(34(49)36-45-46-38(53-36)40(4,5)29-20-28-18-12-13-19-30(28)41-21-29)43-31(48)22-47-35(27-16-10-7-11-17-27)42-25(3)33(37(47)50)44-39(51)52-23-26-14-8-6-9-15-26/h6-21,24,32H,22-23H2,1-5H3,(H,43,48)(H,44,51)/t32-/m0/s1. The number of benzene rings is 3. The van der Waals surface area contributed by atoms with Crippen LogP contribution >= 0.6 is 0 Å². The Morgan fingerprint density at radius 1 is 0.925 bits per heavy atom. The zero-order valence-corrected chi connectivity index (χ0v) is 30.0. The fourth-order valence-corrected chi connectivity index (χ4v) is 5.76. The Labute approximate surface area is 305 Å². The van der Waals surface area contributed by atoms with Crippen LogP contribution in [0.1, 0.15) is 61.1 Å². The molecule has 53 heavy (non-hydrogen) atoms. The van der Waals surface area contributed by atoms with Crippen LogP contribution in [0.15, 0.2) is 106 Å². The molecule has 3 aromatic carbocycles. The Morgan fingerprint density at radius 3 is 2.32 bits per heavy atom. The number of para-hydroxylation sites is 1. The van der Waals surface area contributed by atoms with Gasteiger partial charge in [0.2, 0.25) is 17.6 Å². The summed E-state index contributed by atoms with van der Waals surface area (Å²) in [4.78, 5) is 63.4. The number of hydrogen-bond acceptors (Lipinski definition) is 10. The lowest BCUT2D eigenvalue weighted by Gasteiger charge is -2.22. The van der Waals surface area contributed by atoms with Gasteiger partial charge in [-0.2, -0.15) is 0 Å². The maximum Gasteiger partial charge on any atom is 0.412 e. The fourth-order valence-electron chi connectivity index (χ4n) is 5.76. The first-order valence-electron chi connectivity index (χ1n) is 17.1. The predicted molar refractivity (Wildman–Crippen MR) is 198 cm³/mol. The van der Waals surface area contributed by atoms with Crippen molar-refractivity contribution in [3.63, 3.8) is 0 Å². The van der Waals surface area contributed by atoms with E-state index in [-0.39, 0.29) is 35.6 Å². The number of nitrogens with zero attached hydrogens (tertiary/aromatic N) is 5. The first-order valence-corrected chi connectivity index (χ1v) is 17.1. The van der Waals surface area contributed by atoms with Gasteiger partial charge in [0.1, 0.15) is 24.7 Å². The molecule has 13 heteroatoms. The van der Waals surface area contributed by atoms with Crippen molar-refractivity contribution < 1.29 is 23.5 Å². The number of carbonyl (C=O) groups excluding carboxylic acids is 3. The highest BCUT2D eigenvalue weighted by molar-refractivity contribution is 5.98. The van der Waals surface area contributed by atoms with Crippen molar-refractivity contribution in [1.29, 1.82) is 0 Å². The SMILES string of the molecule is Cc1nc(-c2ccccc2)n(CC(=O)N[C@H](C(=O)c2nnc(C(C)(C)c3cnc4ccccc4c3)o2)C(C)C)c(=O)c1NC(=O)OCc1ccccc1. The molecule has 1 atom stereocenters. The molecule has 3 heterocycles. The third-order valence-corrected chi connectivity index (χ3v) is 8.87. The van der Waals surface area contributed by atoms with Gasteiger partial charge in [-0.3, -0.25) is 29.3 Å². The fraction of sp³-hybridized carbons (Fsp3) is 0.250. The molecule has 2 N–H and O–H groups in total. The number of aromatic nitrogens is 5. The quantitative estimate of drug-likeness (QED) is 0.138. The normalized spacial score (nSPS) is 12.0. The highest BCUT2D eigenvalue weighted by atomic mass is 16.5. The highest BCUT2D eigenvalue weighted by Crippen LogP contribution is 2.32. The van der Waals surface area contributed by atoms with Crippen LogP contribution in [0.2, 0.25) is 0 Å². The molecule has 0 aliphatic carbocycles. The van der Waals surface area contributed by atoms with Crippen molar-refractivity contribution in [2.75, 3.05) is 5.32 Å². The van der Waals surface area contributed by atoms with Gasteiger partial charge in [0.05, 0.1) is 22.7 Å². The van der Waals surface area contributed by atoms with Crippen molar-refractivity contribution in [2.45, 2.75) is 59.2 Å². The van der Waals surface area contributed by atoms with Crippen molar-refractivity contribution in [2.24, 2.45) is 5.92 Å². The van der Waals surface area contributed by atoms with Crippen LogP contribution < -0.4 is 16.2 Å². The summed E-state index contributed by atoms with van der Waals surface area (Å²) in [6, 6.07) is 26.6. The van der Waals surface area contributed by atoms with Crippen molar-refractivity contribution >= 4 is 34.4 Å². The van der Waals surface area contributed by atoms with E-state index < -0.39 is 47.3 Å². The smallest absolute Gasteiger partial charge is 0.412 e. The second-order valence-electron chi connectivity index (χ2n) is 13.4. The largest absolute Gasteiger partial charge is 0.444 e. The number of ether oxygens (including phenoxy) is 1. The monoisotopic (exact) mass is 713 g/mol. The molecule has 0 aliphatic heterocycles. The number of fused-ring (bicyclic) bond motifs is 1. The van der Waals surface area contributed by atoms with E-state index in [4.69, 9.17) is 9.15 Å². The average Bonchev–Trinajstić information content (AvgIpc) is 3.68. The Morgan fingerprint density at radius 2 is 1.60 bits per heavy atom. The summed E-state index contributed by atoms with van der Waals surface area (Å²) in [6.45, 7) is 8.37. The maximum absolute atomic E-state index is 14.0. The maximum atomic E-state index is 14.0. The van der Waals surface area contributed by atoms with E-state index in [2.05, 4.69) is 30.8 Å². The van der Waals surface area contributed by atoms with E-state index in [0.717, 1.165) is 26.6 Å². The summed E-state index contributed by atoms with van der Waals surface area (Å²) in [5.41, 5.74) is 1.62. The molecule has 6 aromatic rings. The number of aryl methyl sites for hydroxylation is 1. The van der Waals surface area contributed by atoms with Crippen molar-refractivity contribution in [1.82, 2.24) is 30.0 Å². The summed E-state index contributed by atoms with van der Waals surface area (Å²) in [5, 5.41) is 14.5. The number of pyridine rings is 1. The molecule has 0 bridgehead atoms. The lowest BCUT2D eigenvalue weighted by atomic mass is 9.85. The third kappa shape index (κ3) is 8.04. The van der Waals surface area contributed by atoms with E-state index in [1.54, 1.807) is 63.4 Å². The Balaban J connectivity index is 1.23. The number of nitrogens with one attached hydrogen (secondary N) is 2. The third-order valence-electron chi connectivity index (χ3n) is 8.87.